The SMILES string of the molecule is CCN(CC)C(=O)c1cccc(N)c1O.CCN(CC)C(=O)c1cccc([N+](=O)[O-])c1O.CCOc1c(Nc2cccc(C(=O)N(CC)CC)c2O)c(=O)c1=O.O=C(O)c1cccc([N+](=O)[O-])c1O. The number of phenols is 4. The molecule has 0 unspecified atom stereocenters. The molecule has 0 saturated heterocycles. The number of aromatic hydroxyl groups is 4. The van der Waals surface area contributed by atoms with E-state index < -0.39 is 61.0 Å². The molecule has 5 aromatic carbocycles. The molecule has 0 radical (unpaired) electrons. The minimum atomic E-state index is -1.40. The lowest BCUT2D eigenvalue weighted by molar-refractivity contribution is -0.386. The zero-order valence-electron chi connectivity index (χ0n) is 38.9. The lowest BCUT2D eigenvalue weighted by Crippen LogP contribution is -2.35. The van der Waals surface area contributed by atoms with E-state index in [4.69, 9.17) is 20.7 Å². The summed E-state index contributed by atoms with van der Waals surface area (Å²) < 4.78 is 5.13. The van der Waals surface area contributed by atoms with Crippen LogP contribution in [-0.4, -0.2) is 120 Å². The highest BCUT2D eigenvalue weighted by Crippen LogP contribution is 2.34. The number of nitrogens with zero attached hydrogens (tertiary/aromatic N) is 5. The Labute approximate surface area is 395 Å². The maximum Gasteiger partial charge on any atom is 0.339 e. The molecule has 3 amide bonds. The van der Waals surface area contributed by atoms with Crippen molar-refractivity contribution in [2.45, 2.75) is 48.5 Å². The summed E-state index contributed by atoms with van der Waals surface area (Å²) in [5.74, 6) is -4.16. The monoisotopic (exact) mass is 961 g/mol. The molecule has 69 heavy (non-hydrogen) atoms. The number of ether oxygens (including phenoxy) is 1. The number of nitro groups is 2. The number of hydrogen-bond donors (Lipinski definition) is 7. The topological polar surface area (TPSA) is 347 Å². The number of nitrogens with one attached hydrogen (secondary N) is 1. The average molecular weight is 962 g/mol. The number of hydrogen-bond acceptors (Lipinski definition) is 17. The lowest BCUT2D eigenvalue weighted by Gasteiger charge is -2.20. The number of nitrogen functional groups attached to an aromatic ring is 1. The van der Waals surface area contributed by atoms with Crippen LogP contribution in [0.25, 0.3) is 0 Å². The van der Waals surface area contributed by atoms with Crippen LogP contribution in [0.4, 0.5) is 28.4 Å². The molecule has 0 saturated carbocycles. The van der Waals surface area contributed by atoms with Crippen LogP contribution in [0.15, 0.2) is 82.4 Å². The zero-order valence-corrected chi connectivity index (χ0v) is 38.9. The number of amides is 3. The van der Waals surface area contributed by atoms with Crippen LogP contribution in [0, 0.1) is 20.2 Å². The van der Waals surface area contributed by atoms with E-state index >= 15 is 0 Å². The molecule has 0 aromatic heterocycles. The van der Waals surface area contributed by atoms with Crippen molar-refractivity contribution in [3.05, 3.63) is 136 Å². The number of carboxylic acids is 1. The van der Waals surface area contributed by atoms with E-state index in [1.807, 2.05) is 27.7 Å². The van der Waals surface area contributed by atoms with Gasteiger partial charge in [-0.15, -0.1) is 0 Å². The number of aromatic carboxylic acids is 1. The molecule has 0 aliphatic carbocycles. The molecule has 0 aliphatic heterocycles. The van der Waals surface area contributed by atoms with Gasteiger partial charge in [0.05, 0.1) is 44.5 Å². The number of anilines is 3. The summed E-state index contributed by atoms with van der Waals surface area (Å²) in [6.45, 7) is 16.2. The van der Waals surface area contributed by atoms with Crippen molar-refractivity contribution in [3.63, 3.8) is 0 Å². The highest BCUT2D eigenvalue weighted by molar-refractivity contribution is 6.00. The summed E-state index contributed by atoms with van der Waals surface area (Å²) in [7, 11) is 0. The molecule has 0 aliphatic rings. The molecule has 8 N–H and O–H groups in total. The molecule has 23 nitrogen and oxygen atoms in total. The van der Waals surface area contributed by atoms with Crippen LogP contribution < -0.4 is 26.6 Å². The highest BCUT2D eigenvalue weighted by atomic mass is 16.6. The minimum absolute atomic E-state index is 0.00964. The molecule has 0 spiro atoms. The molecule has 0 fully saturated rings. The largest absolute Gasteiger partial charge is 0.505 e. The van der Waals surface area contributed by atoms with Crippen LogP contribution in [0.3, 0.4) is 0 Å². The number of carbonyl (C=O) groups excluding carboxylic acids is 3. The molecular weight excluding hydrogens is 907 g/mol. The van der Waals surface area contributed by atoms with Crippen LogP contribution in [0.5, 0.6) is 28.7 Å². The van der Waals surface area contributed by atoms with Gasteiger partial charge in [0, 0.05) is 51.4 Å². The Morgan fingerprint density at radius 3 is 1.32 bits per heavy atom. The quantitative estimate of drug-likeness (QED) is 0.0200. The average Bonchev–Trinajstić information content (AvgIpc) is 3.32. The number of benzene rings is 4. The molecule has 5 rings (SSSR count). The lowest BCUT2D eigenvalue weighted by atomic mass is 10.1. The van der Waals surface area contributed by atoms with Gasteiger partial charge in [-0.3, -0.25) is 44.2 Å². The predicted molar refractivity (Wildman–Crippen MR) is 255 cm³/mol. The second-order valence-corrected chi connectivity index (χ2v) is 14.0. The number of nitro benzene ring substituents is 2. The van der Waals surface area contributed by atoms with E-state index in [0.29, 0.717) is 39.3 Å². The predicted octanol–water partition coefficient (Wildman–Crippen LogP) is 5.85. The smallest absolute Gasteiger partial charge is 0.339 e. The number of carbonyl (C=O) groups is 4. The van der Waals surface area contributed by atoms with Crippen molar-refractivity contribution in [3.8, 4) is 28.7 Å². The van der Waals surface area contributed by atoms with E-state index in [1.165, 1.54) is 35.2 Å². The zero-order chi connectivity index (χ0) is 52.3. The summed E-state index contributed by atoms with van der Waals surface area (Å²) in [5, 5.41) is 70.8. The third-order valence-corrected chi connectivity index (χ3v) is 10.0. The number of para-hydroxylation sites is 4. The number of carboxylic acid groups (broad SMARTS) is 1. The Hall–Kier alpha value is -8.76. The fraction of sp³-hybridized carbons (Fsp3) is 0.304. The van der Waals surface area contributed by atoms with Crippen LogP contribution in [-0.2, 0) is 0 Å². The third-order valence-electron chi connectivity index (χ3n) is 10.0. The fourth-order valence-electron chi connectivity index (χ4n) is 6.20. The Morgan fingerprint density at radius 2 is 0.928 bits per heavy atom. The second kappa shape index (κ2) is 26.4. The van der Waals surface area contributed by atoms with Crippen molar-refractivity contribution in [2.24, 2.45) is 0 Å². The first kappa shape index (κ1) is 56.4. The summed E-state index contributed by atoms with van der Waals surface area (Å²) in [4.78, 5) is 93.8. The number of phenolic OH excluding ortho intramolecular Hbond substituents is 3. The summed E-state index contributed by atoms with van der Waals surface area (Å²) in [6.07, 6.45) is 0. The standard InChI is InChI=1S/C17H20N2O5.C11H14N2O4.C11H16N2O2.C7H5NO5/c1-4-19(5-2)17(23)10-8-7-9-11(13(10)20)18-12-14(21)15(22)16(12)24-6-3;1-3-12(4-2)11(15)8-6-5-7-9(10(8)14)13(16)17;1-3-13(4-2)11(15)8-6-5-7-9(12)10(8)14;9-6-4(7(10)11)2-1-3-5(6)8(12)13/h7-9,18,20H,4-6H2,1-3H3;5-7,14H,3-4H2,1-2H3;5-7,14H,3-4,12H2,1-2H3;1-3,9H,(H,10,11). The van der Waals surface area contributed by atoms with Gasteiger partial charge in [-0.05, 0) is 84.9 Å². The van der Waals surface area contributed by atoms with Gasteiger partial charge in [-0.2, -0.15) is 0 Å². The van der Waals surface area contributed by atoms with Crippen LogP contribution >= 0.6 is 0 Å². The Bertz CT molecular complexity index is 2670. The van der Waals surface area contributed by atoms with Gasteiger partial charge in [0.15, 0.2) is 17.2 Å². The maximum absolute atomic E-state index is 12.4. The highest BCUT2D eigenvalue weighted by Gasteiger charge is 2.26. The third kappa shape index (κ3) is 13.9. The van der Waals surface area contributed by atoms with Crippen LogP contribution in [0.2, 0.25) is 0 Å². The van der Waals surface area contributed by atoms with E-state index in [-0.39, 0.29) is 69.4 Å². The normalized spacial score (nSPS) is 10.1. The van der Waals surface area contributed by atoms with E-state index in [1.54, 1.807) is 54.8 Å². The van der Waals surface area contributed by atoms with Gasteiger partial charge in [0.2, 0.25) is 11.5 Å². The first-order chi connectivity index (χ1) is 32.6. The van der Waals surface area contributed by atoms with Crippen molar-refractivity contribution in [1.29, 1.82) is 0 Å². The van der Waals surface area contributed by atoms with Gasteiger partial charge >= 0.3 is 17.3 Å². The first-order valence-corrected chi connectivity index (χ1v) is 21.3. The Balaban J connectivity index is 0.000000325. The molecule has 370 valence electrons. The van der Waals surface area contributed by atoms with Crippen molar-refractivity contribution < 1.29 is 59.3 Å². The second-order valence-electron chi connectivity index (χ2n) is 14.0. The van der Waals surface area contributed by atoms with Crippen molar-refractivity contribution >= 4 is 52.1 Å². The van der Waals surface area contributed by atoms with E-state index in [0.717, 1.165) is 18.2 Å². The number of nitrogens with two attached hydrogens (primary N) is 1. The molecule has 5 aromatic rings. The first-order valence-electron chi connectivity index (χ1n) is 21.3. The van der Waals surface area contributed by atoms with Crippen molar-refractivity contribution in [2.75, 3.05) is 56.9 Å². The number of rotatable bonds is 16. The molecule has 0 bridgehead atoms. The summed E-state index contributed by atoms with van der Waals surface area (Å²) >= 11 is 0. The summed E-state index contributed by atoms with van der Waals surface area (Å²) in [5.41, 5.74) is 3.30. The fourth-order valence-corrected chi connectivity index (χ4v) is 6.20. The Morgan fingerprint density at radius 1 is 0.565 bits per heavy atom. The van der Waals surface area contributed by atoms with Gasteiger partial charge in [-0.1, -0.05) is 24.3 Å². The minimum Gasteiger partial charge on any atom is -0.505 e. The Kier molecular flexibility index (Phi) is 21.6. The summed E-state index contributed by atoms with van der Waals surface area (Å²) in [6, 6.07) is 16.6. The van der Waals surface area contributed by atoms with Crippen LogP contribution in [0.1, 0.15) is 89.9 Å². The van der Waals surface area contributed by atoms with Gasteiger partial charge in [0.25, 0.3) is 28.6 Å². The molecule has 0 heterocycles. The van der Waals surface area contributed by atoms with Gasteiger partial charge < -0.3 is 56.0 Å². The molecule has 23 heteroatoms. The van der Waals surface area contributed by atoms with E-state index in [9.17, 15) is 64.3 Å². The maximum atomic E-state index is 12.4. The molecular formula is C46H55N7O16. The molecule has 0 atom stereocenters. The van der Waals surface area contributed by atoms with Gasteiger partial charge in [-0.25, -0.2) is 4.79 Å². The van der Waals surface area contributed by atoms with Gasteiger partial charge in [0.1, 0.15) is 11.3 Å². The van der Waals surface area contributed by atoms with Crippen molar-refractivity contribution in [1.82, 2.24) is 14.7 Å². The van der Waals surface area contributed by atoms with E-state index in [2.05, 4.69) is 5.32 Å².